The number of rotatable bonds is 4. The molecule has 0 saturated heterocycles. The molecule has 0 aliphatic carbocycles. The van der Waals surface area contributed by atoms with Crippen LogP contribution in [0.15, 0.2) is 48.5 Å². The van der Waals surface area contributed by atoms with Gasteiger partial charge in [0.05, 0.1) is 23.3 Å². The second-order valence-corrected chi connectivity index (χ2v) is 4.35. The summed E-state index contributed by atoms with van der Waals surface area (Å²) in [4.78, 5) is 0. The summed E-state index contributed by atoms with van der Waals surface area (Å²) in [6.07, 6.45) is 1.68. The second-order valence-electron chi connectivity index (χ2n) is 4.35. The number of para-hydroxylation sites is 1. The minimum Gasteiger partial charge on any atom is -0.478 e. The van der Waals surface area contributed by atoms with Gasteiger partial charge in [0.15, 0.2) is 6.61 Å². The Hall–Kier alpha value is -3.55. The summed E-state index contributed by atoms with van der Waals surface area (Å²) in [5, 5.41) is 26.9. The van der Waals surface area contributed by atoms with E-state index in [-0.39, 0.29) is 6.61 Å². The smallest absolute Gasteiger partial charge is 0.174 e. The Bertz CT molecular complexity index is 832. The van der Waals surface area contributed by atoms with Crippen LogP contribution in [0, 0.1) is 34.0 Å². The Balaban J connectivity index is 2.44. The number of nitriles is 3. The van der Waals surface area contributed by atoms with Crippen LogP contribution in [0.5, 0.6) is 5.75 Å². The number of allylic oxidation sites excluding steroid dienone is 1. The number of nitrogens with zero attached hydrogens (tertiary/aromatic N) is 3. The quantitative estimate of drug-likeness (QED) is 0.635. The third kappa shape index (κ3) is 3.51. The predicted octanol–water partition coefficient (Wildman–Crippen LogP) is 3.52. The van der Waals surface area contributed by atoms with Crippen molar-refractivity contribution in [1.29, 1.82) is 15.8 Å². The van der Waals surface area contributed by atoms with Gasteiger partial charge >= 0.3 is 0 Å². The highest BCUT2D eigenvalue weighted by Gasteiger charge is 2.06. The summed E-state index contributed by atoms with van der Waals surface area (Å²) in [6, 6.07) is 20.1. The fourth-order valence-electron chi connectivity index (χ4n) is 1.93. The lowest BCUT2D eigenvalue weighted by atomic mass is 10.0. The number of ether oxygens (including phenoxy) is 1. The molecular weight excluding hydrogens is 274 g/mol. The molecule has 0 saturated carbocycles. The zero-order valence-corrected chi connectivity index (χ0v) is 11.7. The van der Waals surface area contributed by atoms with Crippen molar-refractivity contribution in [1.82, 2.24) is 0 Å². The highest BCUT2D eigenvalue weighted by Crippen LogP contribution is 2.24. The fourth-order valence-corrected chi connectivity index (χ4v) is 1.93. The molecule has 0 aliphatic rings. The summed E-state index contributed by atoms with van der Waals surface area (Å²) in [5.74, 6) is 0.535. The predicted molar refractivity (Wildman–Crippen MR) is 82.2 cm³/mol. The van der Waals surface area contributed by atoms with Crippen LogP contribution < -0.4 is 4.74 Å². The van der Waals surface area contributed by atoms with Crippen molar-refractivity contribution in [3.8, 4) is 24.0 Å². The van der Waals surface area contributed by atoms with Crippen molar-refractivity contribution < 1.29 is 4.74 Å². The Morgan fingerprint density at radius 1 is 1.05 bits per heavy atom. The summed E-state index contributed by atoms with van der Waals surface area (Å²) >= 11 is 0. The van der Waals surface area contributed by atoms with Gasteiger partial charge in [-0.15, -0.1) is 0 Å². The van der Waals surface area contributed by atoms with Crippen molar-refractivity contribution in [3.63, 3.8) is 0 Å². The average molecular weight is 285 g/mol. The van der Waals surface area contributed by atoms with Gasteiger partial charge in [-0.1, -0.05) is 30.3 Å². The first-order valence-electron chi connectivity index (χ1n) is 6.49. The van der Waals surface area contributed by atoms with Gasteiger partial charge in [-0.05, 0) is 29.8 Å². The first kappa shape index (κ1) is 14.9. The third-order valence-electron chi connectivity index (χ3n) is 2.93. The van der Waals surface area contributed by atoms with Gasteiger partial charge in [0.1, 0.15) is 11.8 Å². The van der Waals surface area contributed by atoms with Crippen LogP contribution in [0.4, 0.5) is 0 Å². The summed E-state index contributed by atoms with van der Waals surface area (Å²) in [5.41, 5.74) is 2.28. The maximum atomic E-state index is 9.38. The SMILES string of the molecule is N#CCOc1ccccc1/C=C(/C#N)c1cccc(C#N)c1. The Kier molecular flexibility index (Phi) is 4.92. The van der Waals surface area contributed by atoms with Gasteiger partial charge in [-0.3, -0.25) is 0 Å². The molecule has 2 rings (SSSR count). The minimum atomic E-state index is -0.0589. The van der Waals surface area contributed by atoms with Gasteiger partial charge in [0.25, 0.3) is 0 Å². The molecule has 0 fully saturated rings. The number of benzene rings is 2. The van der Waals surface area contributed by atoms with Crippen LogP contribution in [-0.4, -0.2) is 6.61 Å². The highest BCUT2D eigenvalue weighted by atomic mass is 16.5. The highest BCUT2D eigenvalue weighted by molar-refractivity contribution is 5.90. The van der Waals surface area contributed by atoms with Crippen LogP contribution in [0.3, 0.4) is 0 Å². The number of hydrogen-bond acceptors (Lipinski definition) is 4. The molecule has 0 unspecified atom stereocenters. The van der Waals surface area contributed by atoms with E-state index in [1.54, 1.807) is 48.5 Å². The molecule has 104 valence electrons. The molecule has 0 atom stereocenters. The average Bonchev–Trinajstić information content (AvgIpc) is 2.58. The topological polar surface area (TPSA) is 80.6 Å². The molecule has 0 aliphatic heterocycles. The minimum absolute atomic E-state index is 0.0589. The van der Waals surface area contributed by atoms with Gasteiger partial charge in [0, 0.05) is 5.56 Å². The molecule has 0 aromatic heterocycles. The molecule has 0 bridgehead atoms. The van der Waals surface area contributed by atoms with Gasteiger partial charge in [-0.2, -0.15) is 15.8 Å². The molecule has 2 aromatic carbocycles. The van der Waals surface area contributed by atoms with E-state index in [1.807, 2.05) is 12.1 Å². The Labute approximate surface area is 128 Å². The Morgan fingerprint density at radius 2 is 1.86 bits per heavy atom. The molecule has 22 heavy (non-hydrogen) atoms. The van der Waals surface area contributed by atoms with E-state index in [2.05, 4.69) is 12.1 Å². The molecular formula is C18H11N3O. The largest absolute Gasteiger partial charge is 0.478 e. The molecule has 2 aromatic rings. The van der Waals surface area contributed by atoms with Crippen LogP contribution in [0.1, 0.15) is 16.7 Å². The van der Waals surface area contributed by atoms with Crippen LogP contribution in [0.25, 0.3) is 11.6 Å². The standard InChI is InChI=1S/C18H11N3O/c19-8-9-22-18-7-2-1-5-16(18)11-17(13-21)15-6-3-4-14(10-15)12-20/h1-7,10-11H,9H2/b17-11-. The Morgan fingerprint density at radius 3 is 2.59 bits per heavy atom. The van der Waals surface area contributed by atoms with Crippen molar-refractivity contribution in [3.05, 3.63) is 65.2 Å². The van der Waals surface area contributed by atoms with Crippen molar-refractivity contribution in [2.45, 2.75) is 0 Å². The lowest BCUT2D eigenvalue weighted by Crippen LogP contribution is -1.95. The third-order valence-corrected chi connectivity index (χ3v) is 2.93. The fraction of sp³-hybridized carbons (Fsp3) is 0.0556. The molecule has 0 radical (unpaired) electrons. The van der Waals surface area contributed by atoms with Crippen molar-refractivity contribution >= 4 is 11.6 Å². The van der Waals surface area contributed by atoms with Crippen LogP contribution in [0.2, 0.25) is 0 Å². The first-order chi connectivity index (χ1) is 10.8. The van der Waals surface area contributed by atoms with Crippen molar-refractivity contribution in [2.24, 2.45) is 0 Å². The lowest BCUT2D eigenvalue weighted by Gasteiger charge is -2.06. The van der Waals surface area contributed by atoms with E-state index in [0.717, 1.165) is 0 Å². The van der Waals surface area contributed by atoms with Crippen molar-refractivity contribution in [2.75, 3.05) is 6.61 Å². The van der Waals surface area contributed by atoms with E-state index in [1.165, 1.54) is 0 Å². The monoisotopic (exact) mass is 285 g/mol. The zero-order chi connectivity index (χ0) is 15.8. The van der Waals surface area contributed by atoms with E-state index in [4.69, 9.17) is 15.3 Å². The normalized spacial score (nSPS) is 10.1. The first-order valence-corrected chi connectivity index (χ1v) is 6.49. The molecule has 0 spiro atoms. The number of hydrogen-bond donors (Lipinski definition) is 0. The van der Waals surface area contributed by atoms with Gasteiger partial charge in [0.2, 0.25) is 0 Å². The summed E-state index contributed by atoms with van der Waals surface area (Å²) < 4.78 is 5.35. The van der Waals surface area contributed by atoms with E-state index < -0.39 is 0 Å². The zero-order valence-electron chi connectivity index (χ0n) is 11.7. The lowest BCUT2D eigenvalue weighted by molar-refractivity contribution is 0.367. The molecule has 0 heterocycles. The maximum Gasteiger partial charge on any atom is 0.174 e. The van der Waals surface area contributed by atoms with E-state index >= 15 is 0 Å². The molecule has 0 N–H and O–H groups in total. The maximum absolute atomic E-state index is 9.38. The molecule has 4 nitrogen and oxygen atoms in total. The van der Waals surface area contributed by atoms with Crippen LogP contribution in [-0.2, 0) is 0 Å². The summed E-state index contributed by atoms with van der Waals surface area (Å²) in [6.45, 7) is -0.0589. The summed E-state index contributed by atoms with van der Waals surface area (Å²) in [7, 11) is 0. The van der Waals surface area contributed by atoms with E-state index in [0.29, 0.717) is 28.0 Å². The van der Waals surface area contributed by atoms with E-state index in [9.17, 15) is 5.26 Å². The van der Waals surface area contributed by atoms with Gasteiger partial charge < -0.3 is 4.74 Å². The second kappa shape index (κ2) is 7.29. The molecule has 0 amide bonds. The van der Waals surface area contributed by atoms with Crippen LogP contribution >= 0.6 is 0 Å². The van der Waals surface area contributed by atoms with Gasteiger partial charge in [-0.25, -0.2) is 0 Å². The molecule has 4 heteroatoms.